The Balaban J connectivity index is 1.95. The average molecular weight is 302 g/mol. The lowest BCUT2D eigenvalue weighted by Crippen LogP contribution is -2.30. The van der Waals surface area contributed by atoms with Crippen LogP contribution in [-0.2, 0) is 4.74 Å². The number of hydrogen-bond donors (Lipinski definition) is 1. The zero-order valence-electron chi connectivity index (χ0n) is 10.8. The molecule has 0 aliphatic heterocycles. The predicted octanol–water partition coefficient (Wildman–Crippen LogP) is 5.12. The Morgan fingerprint density at radius 2 is 2.05 bits per heavy atom. The smallest absolute Gasteiger partial charge is 0.411 e. The Morgan fingerprint density at radius 3 is 2.79 bits per heavy atom. The molecule has 1 fully saturated rings. The third-order valence-electron chi connectivity index (χ3n) is 3.48. The van der Waals surface area contributed by atoms with E-state index in [1.54, 1.807) is 18.2 Å². The number of carbonyl (C=O) groups is 1. The molecule has 1 amide bonds. The number of benzene rings is 1. The van der Waals surface area contributed by atoms with E-state index in [1.165, 1.54) is 6.42 Å². The largest absolute Gasteiger partial charge is 0.446 e. The third kappa shape index (κ3) is 3.77. The number of hydrogen-bond acceptors (Lipinski definition) is 2. The van der Waals surface area contributed by atoms with Gasteiger partial charge in [-0.15, -0.1) is 0 Å². The van der Waals surface area contributed by atoms with Gasteiger partial charge < -0.3 is 4.74 Å². The van der Waals surface area contributed by atoms with E-state index in [9.17, 15) is 4.79 Å². The van der Waals surface area contributed by atoms with Gasteiger partial charge in [0.15, 0.2) is 0 Å². The summed E-state index contributed by atoms with van der Waals surface area (Å²) in [5.41, 5.74) is 0.475. The molecule has 2 atom stereocenters. The summed E-state index contributed by atoms with van der Waals surface area (Å²) in [5.74, 6) is 0.411. The molecule has 0 radical (unpaired) electrons. The van der Waals surface area contributed by atoms with Crippen molar-refractivity contribution < 1.29 is 9.53 Å². The minimum absolute atomic E-state index is 0.00768. The molecule has 1 saturated carbocycles. The second kappa shape index (κ2) is 6.49. The Morgan fingerprint density at radius 1 is 1.32 bits per heavy atom. The minimum atomic E-state index is -0.470. The monoisotopic (exact) mass is 301 g/mol. The number of anilines is 1. The van der Waals surface area contributed by atoms with Crippen LogP contribution in [0, 0.1) is 5.92 Å². The molecule has 19 heavy (non-hydrogen) atoms. The summed E-state index contributed by atoms with van der Waals surface area (Å²) < 4.78 is 5.45. The maximum Gasteiger partial charge on any atom is 0.411 e. The van der Waals surface area contributed by atoms with E-state index in [1.807, 2.05) is 0 Å². The molecule has 0 heterocycles. The molecular formula is C14H17Cl2NO2. The standard InChI is InChI=1S/C14H17Cl2NO2/c1-9-5-2-3-8-12(9)19-14(18)17-11-7-4-6-10(15)13(11)16/h4,6-7,9,12H,2-3,5,8H2,1H3,(H,17,18). The van der Waals surface area contributed by atoms with Crippen LogP contribution in [-0.4, -0.2) is 12.2 Å². The molecule has 0 saturated heterocycles. The van der Waals surface area contributed by atoms with Gasteiger partial charge in [0.1, 0.15) is 6.10 Å². The van der Waals surface area contributed by atoms with E-state index >= 15 is 0 Å². The normalized spacial score (nSPS) is 22.9. The molecule has 5 heteroatoms. The number of carbonyl (C=O) groups excluding carboxylic acids is 1. The Labute approximate surface area is 123 Å². The number of rotatable bonds is 2. The van der Waals surface area contributed by atoms with Crippen LogP contribution >= 0.6 is 23.2 Å². The van der Waals surface area contributed by atoms with Crippen molar-refractivity contribution in [3.8, 4) is 0 Å². The fraction of sp³-hybridized carbons (Fsp3) is 0.500. The Kier molecular flexibility index (Phi) is 4.94. The van der Waals surface area contributed by atoms with E-state index in [2.05, 4.69) is 12.2 Å². The molecule has 2 rings (SSSR count). The van der Waals surface area contributed by atoms with Gasteiger partial charge in [0.25, 0.3) is 0 Å². The van der Waals surface area contributed by atoms with Gasteiger partial charge in [-0.25, -0.2) is 4.79 Å². The average Bonchev–Trinajstić information content (AvgIpc) is 2.38. The molecule has 3 nitrogen and oxygen atoms in total. The number of nitrogens with one attached hydrogen (secondary N) is 1. The highest BCUT2D eigenvalue weighted by atomic mass is 35.5. The summed E-state index contributed by atoms with van der Waals surface area (Å²) in [6.07, 6.45) is 3.88. The SMILES string of the molecule is CC1CCCCC1OC(=O)Nc1cccc(Cl)c1Cl. The molecule has 104 valence electrons. The van der Waals surface area contributed by atoms with Gasteiger partial charge in [0, 0.05) is 0 Å². The van der Waals surface area contributed by atoms with Gasteiger partial charge in [-0.05, 0) is 37.3 Å². The van der Waals surface area contributed by atoms with E-state index in [-0.39, 0.29) is 6.10 Å². The highest BCUT2D eigenvalue weighted by molar-refractivity contribution is 6.43. The van der Waals surface area contributed by atoms with Crippen LogP contribution in [0.1, 0.15) is 32.6 Å². The molecule has 1 aliphatic rings. The second-order valence-corrected chi connectivity index (χ2v) is 5.72. The molecule has 1 aromatic rings. The number of amides is 1. The fourth-order valence-electron chi connectivity index (χ4n) is 2.33. The third-order valence-corrected chi connectivity index (χ3v) is 4.30. The van der Waals surface area contributed by atoms with Crippen LogP contribution in [0.3, 0.4) is 0 Å². The summed E-state index contributed by atoms with van der Waals surface area (Å²) in [6, 6.07) is 5.09. The van der Waals surface area contributed by atoms with Crippen LogP contribution in [0.5, 0.6) is 0 Å². The van der Waals surface area contributed by atoms with Crippen molar-refractivity contribution in [1.82, 2.24) is 0 Å². The fourth-order valence-corrected chi connectivity index (χ4v) is 2.68. The van der Waals surface area contributed by atoms with Crippen molar-refractivity contribution in [2.24, 2.45) is 5.92 Å². The number of halogens is 2. The van der Waals surface area contributed by atoms with Crippen LogP contribution in [0.25, 0.3) is 0 Å². The van der Waals surface area contributed by atoms with Crippen LogP contribution in [0.4, 0.5) is 10.5 Å². The van der Waals surface area contributed by atoms with E-state index < -0.39 is 6.09 Å². The molecule has 1 N–H and O–H groups in total. The quantitative estimate of drug-likeness (QED) is 0.823. The van der Waals surface area contributed by atoms with Gasteiger partial charge in [0.2, 0.25) is 0 Å². The van der Waals surface area contributed by atoms with Gasteiger partial charge in [-0.2, -0.15) is 0 Å². The van der Waals surface area contributed by atoms with Crippen LogP contribution < -0.4 is 5.32 Å². The van der Waals surface area contributed by atoms with E-state index in [0.29, 0.717) is 21.7 Å². The van der Waals surface area contributed by atoms with Crippen molar-refractivity contribution in [2.45, 2.75) is 38.7 Å². The molecule has 1 aromatic carbocycles. The second-order valence-electron chi connectivity index (χ2n) is 4.93. The summed E-state index contributed by atoms with van der Waals surface area (Å²) in [4.78, 5) is 11.9. The van der Waals surface area contributed by atoms with E-state index in [0.717, 1.165) is 19.3 Å². The summed E-state index contributed by atoms with van der Waals surface area (Å²) in [7, 11) is 0. The minimum Gasteiger partial charge on any atom is -0.446 e. The first-order valence-electron chi connectivity index (χ1n) is 6.49. The predicted molar refractivity (Wildman–Crippen MR) is 78.0 cm³/mol. The first-order chi connectivity index (χ1) is 9.08. The van der Waals surface area contributed by atoms with E-state index in [4.69, 9.17) is 27.9 Å². The summed E-state index contributed by atoms with van der Waals surface area (Å²) in [5, 5.41) is 3.38. The summed E-state index contributed by atoms with van der Waals surface area (Å²) >= 11 is 11.9. The first-order valence-corrected chi connectivity index (χ1v) is 7.25. The Hall–Kier alpha value is -0.930. The molecular weight excluding hydrogens is 285 g/mol. The highest BCUT2D eigenvalue weighted by Gasteiger charge is 2.25. The number of ether oxygens (including phenoxy) is 1. The van der Waals surface area contributed by atoms with Crippen LogP contribution in [0.15, 0.2) is 18.2 Å². The maximum absolute atomic E-state index is 11.9. The molecule has 0 spiro atoms. The Bertz CT molecular complexity index is 465. The van der Waals surface area contributed by atoms with Crippen molar-refractivity contribution in [1.29, 1.82) is 0 Å². The molecule has 0 aromatic heterocycles. The molecule has 2 unspecified atom stereocenters. The van der Waals surface area contributed by atoms with Crippen molar-refractivity contribution >= 4 is 35.0 Å². The van der Waals surface area contributed by atoms with Gasteiger partial charge in [-0.3, -0.25) is 5.32 Å². The van der Waals surface area contributed by atoms with Crippen molar-refractivity contribution in [3.05, 3.63) is 28.2 Å². The summed E-state index contributed by atoms with van der Waals surface area (Å²) in [6.45, 7) is 2.11. The van der Waals surface area contributed by atoms with Gasteiger partial charge in [-0.1, -0.05) is 42.6 Å². The van der Waals surface area contributed by atoms with Gasteiger partial charge in [0.05, 0.1) is 15.7 Å². The lowest BCUT2D eigenvalue weighted by Gasteiger charge is -2.28. The lowest BCUT2D eigenvalue weighted by atomic mass is 9.88. The topological polar surface area (TPSA) is 38.3 Å². The zero-order chi connectivity index (χ0) is 13.8. The zero-order valence-corrected chi connectivity index (χ0v) is 12.3. The lowest BCUT2D eigenvalue weighted by molar-refractivity contribution is 0.0524. The highest BCUT2D eigenvalue weighted by Crippen LogP contribution is 2.30. The van der Waals surface area contributed by atoms with Crippen molar-refractivity contribution in [2.75, 3.05) is 5.32 Å². The first kappa shape index (κ1) is 14.5. The molecule has 1 aliphatic carbocycles. The maximum atomic E-state index is 11.9. The van der Waals surface area contributed by atoms with Crippen LogP contribution in [0.2, 0.25) is 10.0 Å². The van der Waals surface area contributed by atoms with Crippen molar-refractivity contribution in [3.63, 3.8) is 0 Å². The molecule has 0 bridgehead atoms. The van der Waals surface area contributed by atoms with Gasteiger partial charge >= 0.3 is 6.09 Å².